The maximum Gasteiger partial charge on any atom is 0.326 e. The van der Waals surface area contributed by atoms with E-state index in [-0.39, 0.29) is 23.6 Å². The van der Waals surface area contributed by atoms with Crippen molar-refractivity contribution in [3.63, 3.8) is 0 Å². The van der Waals surface area contributed by atoms with E-state index in [2.05, 4.69) is 4.72 Å². The van der Waals surface area contributed by atoms with Crippen LogP contribution in [0, 0.1) is 0 Å². The highest BCUT2D eigenvalue weighted by Crippen LogP contribution is 2.33. The number of phenolic OH excluding ortho intramolecular Hbond substituents is 1. The first kappa shape index (κ1) is 22.7. The number of phenols is 1. The van der Waals surface area contributed by atoms with Gasteiger partial charge in [0.25, 0.3) is 5.91 Å². The lowest BCUT2D eigenvalue weighted by Crippen LogP contribution is -2.29. The molecule has 0 aromatic heterocycles. The van der Waals surface area contributed by atoms with Crippen molar-refractivity contribution in [3.05, 3.63) is 47.5 Å². The molecule has 0 saturated carbocycles. The lowest BCUT2D eigenvalue weighted by Gasteiger charge is -2.17. The maximum atomic E-state index is 12.2. The number of hydrogen-bond acceptors (Lipinski definition) is 7. The Hall–Kier alpha value is -2.99. The van der Waals surface area contributed by atoms with Crippen LogP contribution in [0.5, 0.6) is 11.5 Å². The number of ether oxygens (including phenoxy) is 1. The van der Waals surface area contributed by atoms with Crippen LogP contribution in [-0.2, 0) is 31.4 Å². The predicted octanol–water partition coefficient (Wildman–Crippen LogP) is 1.32. The largest absolute Gasteiger partial charge is 0.506 e. The first-order chi connectivity index (χ1) is 14.5. The number of benzene rings is 2. The number of carbonyl (C=O) groups excluding carboxylic acids is 1. The highest BCUT2D eigenvalue weighted by molar-refractivity contribution is 7.92. The molecule has 12 heteroatoms. The molecule has 3 rings (SSSR count). The molecule has 1 fully saturated rings. The van der Waals surface area contributed by atoms with Crippen LogP contribution in [0.2, 0.25) is 0 Å². The molecule has 0 bridgehead atoms. The van der Waals surface area contributed by atoms with Crippen molar-refractivity contribution in [3.8, 4) is 11.5 Å². The van der Waals surface area contributed by atoms with E-state index in [1.807, 2.05) is 4.72 Å². The van der Waals surface area contributed by atoms with Crippen LogP contribution >= 0.6 is 0 Å². The second-order valence-corrected chi connectivity index (χ2v) is 10.4. The van der Waals surface area contributed by atoms with Crippen LogP contribution in [0.15, 0.2) is 36.4 Å². The number of methoxy groups -OCH3 is 1. The molecule has 3 N–H and O–H groups in total. The molecule has 1 amide bonds. The van der Waals surface area contributed by atoms with Gasteiger partial charge in [0.2, 0.25) is 10.0 Å². The summed E-state index contributed by atoms with van der Waals surface area (Å²) in [5, 5.41) is 10.4. The lowest BCUT2D eigenvalue weighted by atomic mass is 10.0. The topological polar surface area (TPSA) is 142 Å². The highest BCUT2D eigenvalue weighted by Gasteiger charge is 2.35. The zero-order valence-electron chi connectivity index (χ0n) is 17.0. The molecule has 0 aliphatic carbocycles. The molecule has 2 aromatic carbocycles. The highest BCUT2D eigenvalue weighted by atomic mass is 32.2. The van der Waals surface area contributed by atoms with E-state index >= 15 is 0 Å². The Balaban J connectivity index is 1.92. The van der Waals surface area contributed by atoms with Gasteiger partial charge in [-0.15, -0.1) is 0 Å². The number of carbonyl (C=O) groups is 1. The molecule has 0 atom stereocenters. The average Bonchev–Trinajstić information content (AvgIpc) is 2.95. The maximum absolute atomic E-state index is 12.2. The van der Waals surface area contributed by atoms with Crippen LogP contribution in [-0.4, -0.2) is 47.3 Å². The number of nitrogens with zero attached hydrogens (tertiary/aromatic N) is 1. The summed E-state index contributed by atoms with van der Waals surface area (Å²) in [4.78, 5) is 11.4. The number of hydrogen-bond donors (Lipinski definition) is 3. The van der Waals surface area contributed by atoms with Crippen molar-refractivity contribution in [2.45, 2.75) is 19.8 Å². The molecule has 168 valence electrons. The van der Waals surface area contributed by atoms with Crippen LogP contribution in [0.25, 0.3) is 0 Å². The summed E-state index contributed by atoms with van der Waals surface area (Å²) in [6.45, 7) is 1.34. The summed E-state index contributed by atoms with van der Waals surface area (Å²) in [5.74, 6) is -0.509. The molecule has 0 spiro atoms. The van der Waals surface area contributed by atoms with Crippen molar-refractivity contribution in [1.29, 1.82) is 0 Å². The SMILES string of the molecule is CCCS(=O)(=O)Nc1ccc(OC)cc1Cc1ccc(N2CC(=O)NS2(=O)=O)c(O)c1. The van der Waals surface area contributed by atoms with Crippen molar-refractivity contribution in [2.75, 3.05) is 28.4 Å². The third-order valence-electron chi connectivity index (χ3n) is 4.57. The molecule has 1 saturated heterocycles. The van der Waals surface area contributed by atoms with Crippen molar-refractivity contribution < 1.29 is 31.5 Å². The van der Waals surface area contributed by atoms with Gasteiger partial charge in [0, 0.05) is 0 Å². The van der Waals surface area contributed by atoms with Gasteiger partial charge >= 0.3 is 10.2 Å². The Kier molecular flexibility index (Phi) is 6.32. The minimum Gasteiger partial charge on any atom is -0.506 e. The average molecular weight is 470 g/mol. The van der Waals surface area contributed by atoms with Crippen molar-refractivity contribution in [1.82, 2.24) is 4.72 Å². The van der Waals surface area contributed by atoms with Crippen LogP contribution in [0.3, 0.4) is 0 Å². The van der Waals surface area contributed by atoms with Gasteiger partial charge in [-0.2, -0.15) is 8.42 Å². The van der Waals surface area contributed by atoms with Gasteiger partial charge in [0.15, 0.2) is 0 Å². The van der Waals surface area contributed by atoms with E-state index in [4.69, 9.17) is 4.74 Å². The predicted molar refractivity (Wildman–Crippen MR) is 116 cm³/mol. The van der Waals surface area contributed by atoms with Gasteiger partial charge in [0.1, 0.15) is 18.0 Å². The number of sulfonamides is 1. The minimum atomic E-state index is -4.04. The van der Waals surface area contributed by atoms with Crippen molar-refractivity contribution >= 4 is 37.5 Å². The molecule has 2 aromatic rings. The first-order valence-electron chi connectivity index (χ1n) is 9.37. The molecule has 0 radical (unpaired) electrons. The second-order valence-electron chi connectivity index (χ2n) is 6.98. The number of nitrogens with one attached hydrogen (secondary N) is 2. The van der Waals surface area contributed by atoms with E-state index in [1.165, 1.54) is 19.2 Å². The summed E-state index contributed by atoms with van der Waals surface area (Å²) in [6, 6.07) is 9.28. The van der Waals surface area contributed by atoms with Gasteiger partial charge in [0.05, 0.1) is 24.2 Å². The molecular weight excluding hydrogens is 446 g/mol. The Morgan fingerprint density at radius 1 is 1.23 bits per heavy atom. The fourth-order valence-electron chi connectivity index (χ4n) is 3.20. The van der Waals surface area contributed by atoms with E-state index in [0.717, 1.165) is 4.31 Å². The van der Waals surface area contributed by atoms with E-state index < -0.39 is 32.7 Å². The van der Waals surface area contributed by atoms with Gasteiger partial charge < -0.3 is 9.84 Å². The van der Waals surface area contributed by atoms with Gasteiger partial charge in [-0.05, 0) is 54.3 Å². The zero-order valence-corrected chi connectivity index (χ0v) is 18.6. The summed E-state index contributed by atoms with van der Waals surface area (Å²) < 4.78 is 58.9. The molecule has 1 aliphatic heterocycles. The number of aromatic hydroxyl groups is 1. The van der Waals surface area contributed by atoms with Gasteiger partial charge in [-0.25, -0.2) is 17.4 Å². The van der Waals surface area contributed by atoms with Gasteiger partial charge in [-0.1, -0.05) is 13.0 Å². The lowest BCUT2D eigenvalue weighted by molar-refractivity contribution is -0.117. The standard InChI is InChI=1S/C19H23N3O7S2/c1-3-8-30(25,26)20-16-6-5-15(29-2)11-14(16)9-13-4-7-17(18(23)10-13)22-12-19(24)21-31(22,27)28/h4-7,10-11,20,23H,3,8-9,12H2,1-2H3,(H,21,24). The van der Waals surface area contributed by atoms with E-state index in [0.29, 0.717) is 29.0 Å². The molecule has 0 unspecified atom stereocenters. The number of rotatable bonds is 8. The quantitative estimate of drug-likeness (QED) is 0.529. The summed E-state index contributed by atoms with van der Waals surface area (Å²) in [6.07, 6.45) is 0.700. The monoisotopic (exact) mass is 469 g/mol. The molecule has 1 aliphatic rings. The number of anilines is 2. The Morgan fingerprint density at radius 2 is 1.97 bits per heavy atom. The summed E-state index contributed by atoms with van der Waals surface area (Å²) >= 11 is 0. The summed E-state index contributed by atoms with van der Waals surface area (Å²) in [7, 11) is -6.07. The normalized spacial score (nSPS) is 15.5. The van der Waals surface area contributed by atoms with E-state index in [1.54, 1.807) is 31.2 Å². The van der Waals surface area contributed by atoms with Crippen molar-refractivity contribution in [2.24, 2.45) is 0 Å². The Labute approximate surface area is 181 Å². The smallest absolute Gasteiger partial charge is 0.326 e. The molecule has 1 heterocycles. The first-order valence-corrected chi connectivity index (χ1v) is 12.5. The zero-order chi connectivity index (χ0) is 22.8. The Morgan fingerprint density at radius 3 is 2.55 bits per heavy atom. The molecule has 10 nitrogen and oxygen atoms in total. The molecular formula is C19H23N3O7S2. The summed E-state index contributed by atoms with van der Waals surface area (Å²) in [5.41, 5.74) is 1.56. The van der Waals surface area contributed by atoms with Crippen LogP contribution < -0.4 is 18.5 Å². The number of amides is 1. The minimum absolute atomic E-state index is 0.0228. The third kappa shape index (κ3) is 5.20. The Bertz CT molecular complexity index is 1210. The van der Waals surface area contributed by atoms with Crippen LogP contribution in [0.1, 0.15) is 24.5 Å². The third-order valence-corrected chi connectivity index (χ3v) is 7.44. The fraction of sp³-hybridized carbons (Fsp3) is 0.316. The molecule has 31 heavy (non-hydrogen) atoms. The second kappa shape index (κ2) is 8.63. The fourth-order valence-corrected chi connectivity index (χ4v) is 5.54. The van der Waals surface area contributed by atoms with Gasteiger partial charge in [-0.3, -0.25) is 9.52 Å². The van der Waals surface area contributed by atoms with Crippen LogP contribution in [0.4, 0.5) is 11.4 Å². The van der Waals surface area contributed by atoms with E-state index in [9.17, 15) is 26.7 Å².